The number of hydrogen-bond acceptors (Lipinski definition) is 4. The first-order valence-electron chi connectivity index (χ1n) is 11.7. The quantitative estimate of drug-likeness (QED) is 0.233. The van der Waals surface area contributed by atoms with Crippen LogP contribution in [0, 0.1) is 11.3 Å². The summed E-state index contributed by atoms with van der Waals surface area (Å²) in [5, 5.41) is 17.2. The lowest BCUT2D eigenvalue weighted by Crippen LogP contribution is -2.21. The van der Waals surface area contributed by atoms with Crippen LogP contribution >= 0.6 is 0 Å². The van der Waals surface area contributed by atoms with Crippen LogP contribution in [0.1, 0.15) is 27.8 Å². The normalized spacial score (nSPS) is 11.5. The SMILES string of the molecule is COc1[nH]c2ccc(-c3ccc(C#N)cc3)c(Cc3cccc(C(F)(F)F)c3)c2c1CCN.O=C(O)C(F)(F)F. The molecule has 210 valence electrons. The van der Waals surface area contributed by atoms with Crippen LogP contribution in [0.4, 0.5) is 26.3 Å². The van der Waals surface area contributed by atoms with E-state index in [1.807, 2.05) is 24.3 Å². The zero-order valence-electron chi connectivity index (χ0n) is 21.0. The number of nitrogens with two attached hydrogens (primary N) is 1. The fourth-order valence-corrected chi connectivity index (χ4v) is 4.21. The molecule has 3 aromatic carbocycles. The summed E-state index contributed by atoms with van der Waals surface area (Å²) in [4.78, 5) is 12.2. The van der Waals surface area contributed by atoms with E-state index in [1.165, 1.54) is 12.1 Å². The molecule has 6 nitrogen and oxygen atoms in total. The maximum absolute atomic E-state index is 13.3. The number of nitrogens with zero attached hydrogens (tertiary/aromatic N) is 1. The highest BCUT2D eigenvalue weighted by Crippen LogP contribution is 2.38. The Kier molecular flexibility index (Phi) is 9.11. The molecule has 0 atom stereocenters. The molecule has 0 fully saturated rings. The van der Waals surface area contributed by atoms with E-state index < -0.39 is 23.9 Å². The Bertz CT molecular complexity index is 1530. The number of rotatable bonds is 6. The molecule has 4 N–H and O–H groups in total. The standard InChI is InChI=1S/C26H22F3N3O.C2HF3O2/c1-33-25-21(11-12-30)24-22(14-17-3-2-4-19(13-17)26(27,28)29)20(9-10-23(24)32-25)18-7-5-16(15-31)6-8-18;3-2(4,5)1(6)7/h2-10,13,32H,11-12,14,30H2,1H3;(H,6,7). The number of halogens is 6. The molecule has 0 aliphatic heterocycles. The number of alkyl halides is 6. The molecule has 0 spiro atoms. The molecule has 0 saturated carbocycles. The number of carboxylic acids is 1. The van der Waals surface area contributed by atoms with Crippen molar-refractivity contribution in [2.24, 2.45) is 5.73 Å². The minimum Gasteiger partial charge on any atom is -0.482 e. The first-order chi connectivity index (χ1) is 18.8. The lowest BCUT2D eigenvalue weighted by atomic mass is 9.89. The molecule has 0 aliphatic rings. The number of ether oxygens (including phenoxy) is 1. The molecule has 0 aliphatic carbocycles. The maximum Gasteiger partial charge on any atom is 0.490 e. The van der Waals surface area contributed by atoms with Gasteiger partial charge in [-0.15, -0.1) is 0 Å². The zero-order chi connectivity index (χ0) is 29.7. The largest absolute Gasteiger partial charge is 0.490 e. The highest BCUT2D eigenvalue weighted by molar-refractivity contribution is 5.95. The molecule has 0 unspecified atom stereocenters. The Labute approximate surface area is 224 Å². The van der Waals surface area contributed by atoms with Gasteiger partial charge in [0.05, 0.1) is 24.3 Å². The van der Waals surface area contributed by atoms with Crippen LogP contribution in [0.3, 0.4) is 0 Å². The Balaban J connectivity index is 0.000000559. The highest BCUT2D eigenvalue weighted by Gasteiger charge is 2.38. The molecule has 40 heavy (non-hydrogen) atoms. The number of carboxylic acid groups (broad SMARTS) is 1. The van der Waals surface area contributed by atoms with Crippen molar-refractivity contribution in [1.82, 2.24) is 4.98 Å². The van der Waals surface area contributed by atoms with E-state index in [1.54, 1.807) is 25.3 Å². The van der Waals surface area contributed by atoms with Crippen molar-refractivity contribution >= 4 is 16.9 Å². The number of methoxy groups -OCH3 is 1. The van der Waals surface area contributed by atoms with Crippen molar-refractivity contribution < 1.29 is 41.0 Å². The van der Waals surface area contributed by atoms with E-state index in [0.29, 0.717) is 30.0 Å². The van der Waals surface area contributed by atoms with Gasteiger partial charge >= 0.3 is 18.3 Å². The summed E-state index contributed by atoms with van der Waals surface area (Å²) in [6.45, 7) is 0.396. The second-order valence-corrected chi connectivity index (χ2v) is 8.56. The summed E-state index contributed by atoms with van der Waals surface area (Å²) in [6.07, 6.45) is -8.66. The summed E-state index contributed by atoms with van der Waals surface area (Å²) in [7, 11) is 1.57. The Morgan fingerprint density at radius 2 is 1.68 bits per heavy atom. The predicted octanol–water partition coefficient (Wildman–Crippen LogP) is 6.46. The van der Waals surface area contributed by atoms with Gasteiger partial charge in [-0.1, -0.05) is 36.4 Å². The van der Waals surface area contributed by atoms with Gasteiger partial charge in [0.2, 0.25) is 0 Å². The van der Waals surface area contributed by atoms with Gasteiger partial charge in [-0.3, -0.25) is 0 Å². The van der Waals surface area contributed by atoms with Crippen molar-refractivity contribution in [1.29, 1.82) is 5.26 Å². The number of nitrogens with one attached hydrogen (secondary N) is 1. The molecule has 0 bridgehead atoms. The van der Waals surface area contributed by atoms with E-state index in [4.69, 9.17) is 25.6 Å². The summed E-state index contributed by atoms with van der Waals surface area (Å²) >= 11 is 0. The lowest BCUT2D eigenvalue weighted by Gasteiger charge is -2.15. The molecule has 1 aromatic heterocycles. The number of aromatic nitrogens is 1. The molecule has 1 heterocycles. The summed E-state index contributed by atoms with van der Waals surface area (Å²) in [5.74, 6) is -2.16. The smallest absolute Gasteiger partial charge is 0.482 e. The van der Waals surface area contributed by atoms with E-state index in [-0.39, 0.29) is 6.42 Å². The number of benzene rings is 3. The third-order valence-corrected chi connectivity index (χ3v) is 5.94. The molecule has 4 rings (SSSR count). The molecule has 0 radical (unpaired) electrons. The van der Waals surface area contributed by atoms with Gasteiger partial charge in [-0.2, -0.15) is 31.6 Å². The van der Waals surface area contributed by atoms with Crippen molar-refractivity contribution in [2.75, 3.05) is 13.7 Å². The fraction of sp³-hybridized carbons (Fsp3) is 0.214. The Morgan fingerprint density at radius 1 is 1.02 bits per heavy atom. The predicted molar refractivity (Wildman–Crippen MR) is 136 cm³/mol. The Morgan fingerprint density at radius 3 is 2.20 bits per heavy atom. The van der Waals surface area contributed by atoms with Gasteiger partial charge in [0.1, 0.15) is 0 Å². The van der Waals surface area contributed by atoms with Crippen LogP contribution in [0.5, 0.6) is 5.88 Å². The summed E-state index contributed by atoms with van der Waals surface area (Å²) in [5.41, 5.74) is 10.6. The minimum atomic E-state index is -5.08. The van der Waals surface area contributed by atoms with Crippen LogP contribution in [0.15, 0.2) is 60.7 Å². The average molecular weight is 563 g/mol. The number of aliphatic carboxylic acids is 1. The van der Waals surface area contributed by atoms with Crippen molar-refractivity contribution in [3.8, 4) is 23.1 Å². The molecule has 12 heteroatoms. The second-order valence-electron chi connectivity index (χ2n) is 8.56. The van der Waals surface area contributed by atoms with Crippen LogP contribution in [0.25, 0.3) is 22.0 Å². The molecule has 0 saturated heterocycles. The van der Waals surface area contributed by atoms with Crippen molar-refractivity contribution in [3.05, 3.63) is 88.5 Å². The zero-order valence-corrected chi connectivity index (χ0v) is 21.0. The first kappa shape index (κ1) is 30.0. The van der Waals surface area contributed by atoms with Gasteiger partial charge in [0.15, 0.2) is 5.88 Å². The van der Waals surface area contributed by atoms with Crippen LogP contribution < -0.4 is 10.5 Å². The number of aromatic amines is 1. The van der Waals surface area contributed by atoms with Crippen LogP contribution in [0.2, 0.25) is 0 Å². The Hall–Kier alpha value is -4.50. The highest BCUT2D eigenvalue weighted by atomic mass is 19.4. The van der Waals surface area contributed by atoms with Gasteiger partial charge in [0.25, 0.3) is 0 Å². The van der Waals surface area contributed by atoms with E-state index in [0.717, 1.165) is 39.2 Å². The molecule has 4 aromatic rings. The van der Waals surface area contributed by atoms with Gasteiger partial charge in [-0.25, -0.2) is 4.79 Å². The number of carbonyl (C=O) groups is 1. The average Bonchev–Trinajstić information content (AvgIpc) is 3.26. The number of H-pyrrole nitrogens is 1. The molecular weight excluding hydrogens is 540 g/mol. The van der Waals surface area contributed by atoms with Gasteiger partial charge in [0, 0.05) is 16.5 Å². The second kappa shape index (κ2) is 12.1. The van der Waals surface area contributed by atoms with Crippen molar-refractivity contribution in [3.63, 3.8) is 0 Å². The third kappa shape index (κ3) is 6.92. The van der Waals surface area contributed by atoms with Gasteiger partial charge in [-0.05, 0) is 65.9 Å². The monoisotopic (exact) mass is 563 g/mol. The molecule has 0 amide bonds. The topological polar surface area (TPSA) is 112 Å². The third-order valence-electron chi connectivity index (χ3n) is 5.94. The van der Waals surface area contributed by atoms with Crippen LogP contribution in [-0.2, 0) is 23.8 Å². The van der Waals surface area contributed by atoms with E-state index >= 15 is 0 Å². The van der Waals surface area contributed by atoms with E-state index in [9.17, 15) is 26.3 Å². The lowest BCUT2D eigenvalue weighted by molar-refractivity contribution is -0.192. The first-order valence-corrected chi connectivity index (χ1v) is 11.7. The number of fused-ring (bicyclic) bond motifs is 1. The maximum atomic E-state index is 13.3. The minimum absolute atomic E-state index is 0.287. The summed E-state index contributed by atoms with van der Waals surface area (Å²) < 4.78 is 77.2. The van der Waals surface area contributed by atoms with Crippen molar-refractivity contribution in [2.45, 2.75) is 25.2 Å². The number of nitriles is 1. The van der Waals surface area contributed by atoms with Gasteiger partial charge < -0.3 is 20.6 Å². The summed E-state index contributed by atoms with van der Waals surface area (Å²) in [6, 6.07) is 18.5. The molecular formula is C28H23F6N3O3. The van der Waals surface area contributed by atoms with E-state index in [2.05, 4.69) is 11.1 Å². The van der Waals surface area contributed by atoms with Crippen LogP contribution in [-0.4, -0.2) is 35.9 Å². The number of hydrogen-bond donors (Lipinski definition) is 3. The fourth-order valence-electron chi connectivity index (χ4n) is 4.21.